The highest BCUT2D eigenvalue weighted by Gasteiger charge is 2.21. The van der Waals surface area contributed by atoms with E-state index in [2.05, 4.69) is 0 Å². The number of hydrogen-bond acceptors (Lipinski definition) is 4. The average Bonchev–Trinajstić information content (AvgIpc) is 2.62. The highest BCUT2D eigenvalue weighted by Crippen LogP contribution is 2.23. The van der Waals surface area contributed by atoms with Gasteiger partial charge in [0.1, 0.15) is 5.82 Å². The van der Waals surface area contributed by atoms with E-state index >= 15 is 0 Å². The van der Waals surface area contributed by atoms with Crippen LogP contribution in [0.1, 0.15) is 20.7 Å². The van der Waals surface area contributed by atoms with Gasteiger partial charge in [0.15, 0.2) is 0 Å². The van der Waals surface area contributed by atoms with Gasteiger partial charge in [-0.25, -0.2) is 4.39 Å². The molecule has 1 aliphatic heterocycles. The third kappa shape index (κ3) is 3.29. The summed E-state index contributed by atoms with van der Waals surface area (Å²) in [5.41, 5.74) is 0.858. The van der Waals surface area contributed by atoms with Crippen molar-refractivity contribution in [1.82, 2.24) is 0 Å². The van der Waals surface area contributed by atoms with Crippen LogP contribution in [-0.2, 0) is 4.74 Å². The van der Waals surface area contributed by atoms with Gasteiger partial charge < -0.3 is 9.64 Å². The average molecular weight is 313 g/mol. The molecule has 0 atom stereocenters. The first kappa shape index (κ1) is 15.4. The van der Waals surface area contributed by atoms with Crippen LogP contribution in [0.5, 0.6) is 0 Å². The molecule has 0 spiro atoms. The van der Waals surface area contributed by atoms with Crippen molar-refractivity contribution in [2.45, 2.75) is 0 Å². The maximum Gasteiger partial charge on any atom is 0.233 e. The van der Waals surface area contributed by atoms with E-state index in [0.717, 1.165) is 0 Å². The van der Waals surface area contributed by atoms with E-state index in [0.29, 0.717) is 37.6 Å². The molecule has 0 bridgehead atoms. The third-order valence-corrected chi connectivity index (χ3v) is 3.80. The van der Waals surface area contributed by atoms with Crippen molar-refractivity contribution < 1.29 is 18.7 Å². The quantitative estimate of drug-likeness (QED) is 0.643. The molecule has 4 nitrogen and oxygen atoms in total. The second-order valence-electron chi connectivity index (χ2n) is 5.29. The first-order valence-corrected chi connectivity index (χ1v) is 7.43. The van der Waals surface area contributed by atoms with Gasteiger partial charge in [0.25, 0.3) is 0 Å². The second kappa shape index (κ2) is 6.71. The highest BCUT2D eigenvalue weighted by molar-refractivity contribution is 6.49. The van der Waals surface area contributed by atoms with Crippen LogP contribution in [-0.4, -0.2) is 37.9 Å². The third-order valence-electron chi connectivity index (χ3n) is 3.80. The van der Waals surface area contributed by atoms with E-state index in [9.17, 15) is 14.0 Å². The summed E-state index contributed by atoms with van der Waals surface area (Å²) < 4.78 is 19.3. The number of benzene rings is 2. The molecule has 2 aromatic carbocycles. The summed E-state index contributed by atoms with van der Waals surface area (Å²) in [6.45, 7) is 2.14. The van der Waals surface area contributed by atoms with Crippen molar-refractivity contribution in [2.24, 2.45) is 0 Å². The molecule has 1 aliphatic rings. The number of Topliss-reactive ketones (excluding diaryl/α,β-unsaturated/α-hetero) is 2. The fourth-order valence-corrected chi connectivity index (χ4v) is 2.55. The Morgan fingerprint density at radius 1 is 0.913 bits per heavy atom. The van der Waals surface area contributed by atoms with Crippen LogP contribution >= 0.6 is 0 Å². The number of carbonyl (C=O) groups excluding carboxylic acids is 2. The van der Waals surface area contributed by atoms with Crippen LogP contribution < -0.4 is 4.90 Å². The van der Waals surface area contributed by atoms with Crippen LogP contribution in [0.2, 0.25) is 0 Å². The van der Waals surface area contributed by atoms with Crippen molar-refractivity contribution in [1.29, 1.82) is 0 Å². The SMILES string of the molecule is O=C(C(=O)c1ccc(F)c(N2CCOCC2)c1)c1ccccc1. The molecular weight excluding hydrogens is 297 g/mol. The largest absolute Gasteiger partial charge is 0.378 e. The lowest BCUT2D eigenvalue weighted by atomic mass is 10.0. The number of ether oxygens (including phenoxy) is 1. The van der Waals surface area contributed by atoms with E-state index in [1.54, 1.807) is 30.3 Å². The van der Waals surface area contributed by atoms with Gasteiger partial charge in [0.2, 0.25) is 11.6 Å². The van der Waals surface area contributed by atoms with Gasteiger partial charge in [-0.3, -0.25) is 9.59 Å². The van der Waals surface area contributed by atoms with Crippen LogP contribution in [0, 0.1) is 5.82 Å². The molecule has 1 saturated heterocycles. The van der Waals surface area contributed by atoms with Crippen LogP contribution in [0.25, 0.3) is 0 Å². The minimum atomic E-state index is -0.634. The molecule has 1 fully saturated rings. The van der Waals surface area contributed by atoms with Crippen LogP contribution in [0.3, 0.4) is 0 Å². The molecule has 0 unspecified atom stereocenters. The molecule has 0 radical (unpaired) electrons. The number of ketones is 2. The number of morpholine rings is 1. The molecule has 118 valence electrons. The number of nitrogens with zero attached hydrogens (tertiary/aromatic N) is 1. The predicted molar refractivity (Wildman–Crippen MR) is 84.5 cm³/mol. The normalized spacial score (nSPS) is 14.6. The first-order chi connectivity index (χ1) is 11.2. The monoisotopic (exact) mass is 313 g/mol. The second-order valence-corrected chi connectivity index (χ2v) is 5.29. The molecule has 0 aromatic heterocycles. The highest BCUT2D eigenvalue weighted by atomic mass is 19.1. The van der Waals surface area contributed by atoms with Gasteiger partial charge >= 0.3 is 0 Å². The van der Waals surface area contributed by atoms with Gasteiger partial charge in [0.05, 0.1) is 18.9 Å². The van der Waals surface area contributed by atoms with Crippen molar-refractivity contribution in [3.63, 3.8) is 0 Å². The van der Waals surface area contributed by atoms with Gasteiger partial charge in [-0.2, -0.15) is 0 Å². The lowest BCUT2D eigenvalue weighted by molar-refractivity contribution is 0.0817. The number of halogens is 1. The van der Waals surface area contributed by atoms with Gasteiger partial charge in [-0.1, -0.05) is 30.3 Å². The van der Waals surface area contributed by atoms with Crippen molar-refractivity contribution in [3.05, 3.63) is 65.5 Å². The summed E-state index contributed by atoms with van der Waals surface area (Å²) in [6, 6.07) is 12.4. The van der Waals surface area contributed by atoms with Gasteiger partial charge in [0, 0.05) is 24.2 Å². The zero-order valence-electron chi connectivity index (χ0n) is 12.5. The summed E-state index contributed by atoms with van der Waals surface area (Å²) in [7, 11) is 0. The van der Waals surface area contributed by atoms with Gasteiger partial charge in [-0.15, -0.1) is 0 Å². The zero-order chi connectivity index (χ0) is 16.2. The fourth-order valence-electron chi connectivity index (χ4n) is 2.55. The van der Waals surface area contributed by atoms with Crippen LogP contribution in [0.15, 0.2) is 48.5 Å². The number of anilines is 1. The number of carbonyl (C=O) groups is 2. The molecule has 0 amide bonds. The van der Waals surface area contributed by atoms with Crippen LogP contribution in [0.4, 0.5) is 10.1 Å². The standard InChI is InChI=1S/C18H16FNO3/c19-15-7-6-14(12-16(15)20-8-10-23-11-9-20)18(22)17(21)13-4-2-1-3-5-13/h1-7,12H,8-11H2. The van der Waals surface area contributed by atoms with E-state index in [4.69, 9.17) is 4.74 Å². The minimum Gasteiger partial charge on any atom is -0.378 e. The van der Waals surface area contributed by atoms with Crippen molar-refractivity contribution in [2.75, 3.05) is 31.2 Å². The van der Waals surface area contributed by atoms with E-state index in [-0.39, 0.29) is 5.56 Å². The lowest BCUT2D eigenvalue weighted by Gasteiger charge is -2.29. The minimum absolute atomic E-state index is 0.196. The molecule has 0 aliphatic carbocycles. The summed E-state index contributed by atoms with van der Waals surface area (Å²) >= 11 is 0. The summed E-state index contributed by atoms with van der Waals surface area (Å²) in [6.07, 6.45) is 0. The maximum atomic E-state index is 14.1. The Balaban J connectivity index is 1.88. The molecule has 5 heteroatoms. The number of hydrogen-bond donors (Lipinski definition) is 0. The summed E-state index contributed by atoms with van der Waals surface area (Å²) in [5.74, 6) is -1.63. The van der Waals surface area contributed by atoms with Crippen molar-refractivity contribution in [3.8, 4) is 0 Å². The van der Waals surface area contributed by atoms with E-state index in [1.807, 2.05) is 4.90 Å². The zero-order valence-corrected chi connectivity index (χ0v) is 12.5. The molecule has 1 heterocycles. The first-order valence-electron chi connectivity index (χ1n) is 7.43. The predicted octanol–water partition coefficient (Wildman–Crippen LogP) is 2.73. The van der Waals surface area contributed by atoms with E-state index in [1.165, 1.54) is 18.2 Å². The Morgan fingerprint density at radius 3 is 2.26 bits per heavy atom. The van der Waals surface area contributed by atoms with Crippen molar-refractivity contribution >= 4 is 17.3 Å². The fraction of sp³-hybridized carbons (Fsp3) is 0.222. The molecule has 23 heavy (non-hydrogen) atoms. The smallest absolute Gasteiger partial charge is 0.233 e. The Morgan fingerprint density at radius 2 is 1.57 bits per heavy atom. The summed E-state index contributed by atoms with van der Waals surface area (Å²) in [4.78, 5) is 26.4. The Hall–Kier alpha value is -2.53. The number of rotatable bonds is 4. The molecule has 0 N–H and O–H groups in total. The molecule has 2 aromatic rings. The Labute approximate surface area is 133 Å². The van der Waals surface area contributed by atoms with Gasteiger partial charge in [-0.05, 0) is 18.2 Å². The molecular formula is C18H16FNO3. The molecule has 0 saturated carbocycles. The molecule has 3 rings (SSSR count). The summed E-state index contributed by atoms with van der Waals surface area (Å²) in [5, 5.41) is 0. The Kier molecular flexibility index (Phi) is 4.48. The maximum absolute atomic E-state index is 14.1. The lowest BCUT2D eigenvalue weighted by Crippen LogP contribution is -2.36. The van der Waals surface area contributed by atoms with E-state index < -0.39 is 17.4 Å². The Bertz CT molecular complexity index is 724. The topological polar surface area (TPSA) is 46.6 Å².